The second kappa shape index (κ2) is 9.67. The number of ether oxygens (including phenoxy) is 1. The highest BCUT2D eigenvalue weighted by Crippen LogP contribution is 2.32. The van der Waals surface area contributed by atoms with Gasteiger partial charge in [0.2, 0.25) is 0 Å². The van der Waals surface area contributed by atoms with Crippen LogP contribution in [0.15, 0.2) is 24.8 Å². The van der Waals surface area contributed by atoms with Crippen molar-refractivity contribution in [3.63, 3.8) is 0 Å². The fourth-order valence-corrected chi connectivity index (χ4v) is 2.73. The van der Waals surface area contributed by atoms with Crippen molar-refractivity contribution in [2.24, 2.45) is 5.92 Å². The van der Waals surface area contributed by atoms with Gasteiger partial charge in [-0.05, 0) is 30.0 Å². The molecule has 0 fully saturated rings. The first-order valence-electron chi connectivity index (χ1n) is 7.76. The third-order valence-electron chi connectivity index (χ3n) is 3.88. The van der Waals surface area contributed by atoms with Crippen molar-refractivity contribution in [1.29, 1.82) is 0 Å². The number of nitrogens with one attached hydrogen (secondary N) is 1. The molecule has 0 aliphatic carbocycles. The molecule has 0 radical (unpaired) electrons. The summed E-state index contributed by atoms with van der Waals surface area (Å²) in [4.78, 5) is 11.7. The van der Waals surface area contributed by atoms with Crippen molar-refractivity contribution in [1.82, 2.24) is 0 Å². The van der Waals surface area contributed by atoms with Gasteiger partial charge in [-0.3, -0.25) is 0 Å². The van der Waals surface area contributed by atoms with Gasteiger partial charge in [-0.2, -0.15) is 0 Å². The van der Waals surface area contributed by atoms with E-state index < -0.39 is 0 Å². The van der Waals surface area contributed by atoms with Crippen molar-refractivity contribution in [2.45, 2.75) is 39.5 Å². The molecule has 0 amide bonds. The molecular formula is C18H26BrNO2. The van der Waals surface area contributed by atoms with Gasteiger partial charge >= 0.3 is 5.97 Å². The molecule has 1 rings (SSSR count). The van der Waals surface area contributed by atoms with Crippen LogP contribution in [0.5, 0.6) is 0 Å². The van der Waals surface area contributed by atoms with E-state index in [9.17, 15) is 4.79 Å². The summed E-state index contributed by atoms with van der Waals surface area (Å²) in [7, 11) is 1.39. The Morgan fingerprint density at radius 1 is 1.41 bits per heavy atom. The number of alkyl halides is 1. The number of benzene rings is 1. The fraction of sp³-hybridized carbons (Fsp3) is 0.500. The molecule has 0 aliphatic heterocycles. The van der Waals surface area contributed by atoms with Gasteiger partial charge in [0.15, 0.2) is 0 Å². The van der Waals surface area contributed by atoms with Crippen LogP contribution in [0.2, 0.25) is 0 Å². The molecule has 0 saturated heterocycles. The number of unbranched alkanes of at least 4 members (excludes halogenated alkanes) is 2. The third kappa shape index (κ3) is 5.16. The molecule has 1 atom stereocenters. The van der Waals surface area contributed by atoms with E-state index in [2.05, 4.69) is 41.7 Å². The Morgan fingerprint density at radius 3 is 2.73 bits per heavy atom. The maximum atomic E-state index is 11.7. The number of rotatable bonds is 9. The molecule has 0 spiro atoms. The van der Waals surface area contributed by atoms with Crippen molar-refractivity contribution >= 4 is 33.2 Å². The molecule has 4 heteroatoms. The van der Waals surface area contributed by atoms with E-state index in [0.717, 1.165) is 23.2 Å². The minimum atomic E-state index is -0.328. The summed E-state index contributed by atoms with van der Waals surface area (Å²) in [5, 5.41) is 3.25. The Kier molecular flexibility index (Phi) is 8.25. The maximum Gasteiger partial charge on any atom is 0.337 e. The highest BCUT2D eigenvalue weighted by Gasteiger charge is 2.15. The Morgan fingerprint density at radius 2 is 2.14 bits per heavy atom. The van der Waals surface area contributed by atoms with E-state index in [1.54, 1.807) is 6.07 Å². The minimum Gasteiger partial charge on any atom is -0.465 e. The van der Waals surface area contributed by atoms with Crippen LogP contribution in [-0.4, -0.2) is 18.5 Å². The molecule has 22 heavy (non-hydrogen) atoms. The molecule has 1 aromatic carbocycles. The first-order chi connectivity index (χ1) is 10.5. The number of methoxy groups -OCH3 is 1. The predicted molar refractivity (Wildman–Crippen MR) is 97.5 cm³/mol. The van der Waals surface area contributed by atoms with Crippen LogP contribution in [0.25, 0.3) is 5.57 Å². The molecule has 1 aromatic rings. The second-order valence-corrected chi connectivity index (χ2v) is 6.05. The van der Waals surface area contributed by atoms with Crippen molar-refractivity contribution < 1.29 is 9.53 Å². The molecular weight excluding hydrogens is 342 g/mol. The summed E-state index contributed by atoms with van der Waals surface area (Å²) in [6, 6.07) is 5.58. The zero-order valence-corrected chi connectivity index (χ0v) is 15.3. The lowest BCUT2D eigenvalue weighted by Gasteiger charge is -2.19. The van der Waals surface area contributed by atoms with E-state index in [0.29, 0.717) is 16.9 Å². The molecule has 1 N–H and O–H groups in total. The molecule has 0 heterocycles. The third-order valence-corrected chi connectivity index (χ3v) is 4.16. The van der Waals surface area contributed by atoms with E-state index in [4.69, 9.17) is 4.74 Å². The molecule has 3 nitrogen and oxygen atoms in total. The lowest BCUT2D eigenvalue weighted by molar-refractivity contribution is 0.0601. The highest BCUT2D eigenvalue weighted by atomic mass is 79.9. The average Bonchev–Trinajstić information content (AvgIpc) is 2.53. The minimum absolute atomic E-state index is 0.328. The Labute approximate surface area is 142 Å². The fourth-order valence-electron chi connectivity index (χ4n) is 2.43. The largest absolute Gasteiger partial charge is 0.465 e. The van der Waals surface area contributed by atoms with Gasteiger partial charge in [0.05, 0.1) is 18.1 Å². The van der Waals surface area contributed by atoms with E-state index >= 15 is 0 Å². The lowest BCUT2D eigenvalue weighted by atomic mass is 9.89. The number of carbonyl (C=O) groups excluding carboxylic acids is 1. The van der Waals surface area contributed by atoms with Gasteiger partial charge in [-0.15, -0.1) is 0 Å². The number of esters is 1. The Hall–Kier alpha value is -1.29. The number of carbonyl (C=O) groups is 1. The summed E-state index contributed by atoms with van der Waals surface area (Å²) in [6.45, 7) is 8.69. The first kappa shape index (κ1) is 18.8. The summed E-state index contributed by atoms with van der Waals surface area (Å²) < 4.78 is 4.78. The van der Waals surface area contributed by atoms with Crippen LogP contribution in [0.3, 0.4) is 0 Å². The summed E-state index contributed by atoms with van der Waals surface area (Å²) in [5.74, 6) is 0.0946. The zero-order valence-electron chi connectivity index (χ0n) is 13.7. The van der Waals surface area contributed by atoms with Crippen molar-refractivity contribution in [3.8, 4) is 0 Å². The number of hydrogen-bond donors (Lipinski definition) is 1. The Bertz CT molecular complexity index is 514. The van der Waals surface area contributed by atoms with Gasteiger partial charge < -0.3 is 10.1 Å². The predicted octanol–water partition coefficient (Wildman–Crippen LogP) is 5.47. The van der Waals surface area contributed by atoms with Gasteiger partial charge in [0.1, 0.15) is 0 Å². The molecule has 0 bridgehead atoms. The average molecular weight is 368 g/mol. The van der Waals surface area contributed by atoms with Crippen LogP contribution in [0.4, 0.5) is 5.69 Å². The van der Waals surface area contributed by atoms with Gasteiger partial charge in [-0.25, -0.2) is 4.79 Å². The smallest absolute Gasteiger partial charge is 0.337 e. The summed E-state index contributed by atoms with van der Waals surface area (Å²) >= 11 is 3.38. The number of allylic oxidation sites excluding steroid dienone is 1. The molecule has 1 unspecified atom stereocenters. The van der Waals surface area contributed by atoms with Crippen LogP contribution in [0.1, 0.15) is 55.5 Å². The molecule has 0 aromatic heterocycles. The van der Waals surface area contributed by atoms with Gasteiger partial charge in [0, 0.05) is 11.3 Å². The molecule has 0 aliphatic rings. The number of halogens is 1. The SMILES string of the molecule is C=C(c1ccc(C(=O)OC)cc1NCBr)C(C)CCCCC. The van der Waals surface area contributed by atoms with Crippen LogP contribution < -0.4 is 5.32 Å². The van der Waals surface area contributed by atoms with Gasteiger partial charge in [-0.1, -0.05) is 61.7 Å². The maximum absolute atomic E-state index is 11.7. The van der Waals surface area contributed by atoms with E-state index in [-0.39, 0.29) is 5.97 Å². The van der Waals surface area contributed by atoms with E-state index in [1.807, 2.05) is 12.1 Å². The quantitative estimate of drug-likeness (QED) is 0.272. The normalized spacial score (nSPS) is 11.8. The summed E-state index contributed by atoms with van der Waals surface area (Å²) in [6.07, 6.45) is 4.84. The van der Waals surface area contributed by atoms with Crippen LogP contribution in [-0.2, 0) is 4.74 Å². The standard InChI is InChI=1S/C18H26BrNO2/c1-5-6-7-8-13(2)14(3)16-10-9-15(18(21)22-4)11-17(16)20-12-19/h9-11,13,20H,3,5-8,12H2,1-2,4H3. The van der Waals surface area contributed by atoms with Gasteiger partial charge in [0.25, 0.3) is 0 Å². The Balaban J connectivity index is 2.96. The monoisotopic (exact) mass is 367 g/mol. The van der Waals surface area contributed by atoms with Crippen LogP contribution in [0, 0.1) is 5.92 Å². The first-order valence-corrected chi connectivity index (χ1v) is 8.88. The zero-order chi connectivity index (χ0) is 16.5. The number of hydrogen-bond acceptors (Lipinski definition) is 3. The summed E-state index contributed by atoms with van der Waals surface area (Å²) in [5.41, 5.74) is 4.24. The lowest BCUT2D eigenvalue weighted by Crippen LogP contribution is -2.07. The topological polar surface area (TPSA) is 38.3 Å². The van der Waals surface area contributed by atoms with Crippen molar-refractivity contribution in [2.75, 3.05) is 17.9 Å². The highest BCUT2D eigenvalue weighted by molar-refractivity contribution is 9.09. The molecule has 122 valence electrons. The van der Waals surface area contributed by atoms with Crippen LogP contribution >= 0.6 is 15.9 Å². The second-order valence-electron chi connectivity index (χ2n) is 5.48. The van der Waals surface area contributed by atoms with E-state index in [1.165, 1.54) is 26.4 Å². The number of anilines is 1. The van der Waals surface area contributed by atoms with Crippen molar-refractivity contribution in [3.05, 3.63) is 35.9 Å². The molecule has 0 saturated carbocycles.